The largest absolute Gasteiger partial charge is 0.469 e. The van der Waals surface area contributed by atoms with Crippen LogP contribution in [0.2, 0.25) is 0 Å². The smallest absolute Gasteiger partial charge is 0.309 e. The molecule has 0 N–H and O–H groups in total. The van der Waals surface area contributed by atoms with Crippen molar-refractivity contribution < 1.29 is 9.53 Å². The molecule has 2 aromatic rings. The SMILES string of the molecule is COC(=O)Cc1ccc2c(c1)N(Cc1c(C)cccc1C)CC2. The summed E-state index contributed by atoms with van der Waals surface area (Å²) in [6.45, 7) is 6.30. The van der Waals surface area contributed by atoms with Crippen molar-refractivity contribution in [1.82, 2.24) is 0 Å². The number of carbonyl (C=O) groups excluding carboxylic acids is 1. The third-order valence-electron chi connectivity index (χ3n) is 4.71. The first-order valence-corrected chi connectivity index (χ1v) is 8.07. The predicted molar refractivity (Wildman–Crippen MR) is 92.8 cm³/mol. The molecule has 1 aliphatic rings. The van der Waals surface area contributed by atoms with Gasteiger partial charge in [-0.3, -0.25) is 4.79 Å². The first-order valence-electron chi connectivity index (χ1n) is 8.07. The molecule has 2 aromatic carbocycles. The number of anilines is 1. The zero-order valence-electron chi connectivity index (χ0n) is 14.1. The Bertz CT molecular complexity index is 716. The first kappa shape index (κ1) is 15.6. The van der Waals surface area contributed by atoms with E-state index >= 15 is 0 Å². The van der Waals surface area contributed by atoms with Gasteiger partial charge < -0.3 is 9.64 Å². The highest BCUT2D eigenvalue weighted by Crippen LogP contribution is 2.31. The van der Waals surface area contributed by atoms with Crippen LogP contribution in [0, 0.1) is 13.8 Å². The monoisotopic (exact) mass is 309 g/mol. The van der Waals surface area contributed by atoms with E-state index in [0.717, 1.165) is 25.1 Å². The number of methoxy groups -OCH3 is 1. The van der Waals surface area contributed by atoms with Gasteiger partial charge in [0.15, 0.2) is 0 Å². The maximum Gasteiger partial charge on any atom is 0.309 e. The van der Waals surface area contributed by atoms with Crippen molar-refractivity contribution in [1.29, 1.82) is 0 Å². The van der Waals surface area contributed by atoms with E-state index in [1.165, 1.54) is 35.1 Å². The van der Waals surface area contributed by atoms with Crippen molar-refractivity contribution in [2.75, 3.05) is 18.6 Å². The van der Waals surface area contributed by atoms with Crippen LogP contribution in [0.3, 0.4) is 0 Å². The number of ether oxygens (including phenoxy) is 1. The summed E-state index contributed by atoms with van der Waals surface area (Å²) in [5.74, 6) is -0.191. The van der Waals surface area contributed by atoms with E-state index in [-0.39, 0.29) is 5.97 Å². The van der Waals surface area contributed by atoms with Crippen LogP contribution in [0.4, 0.5) is 5.69 Å². The fourth-order valence-electron chi connectivity index (χ4n) is 3.29. The third-order valence-corrected chi connectivity index (χ3v) is 4.71. The zero-order valence-corrected chi connectivity index (χ0v) is 14.1. The quantitative estimate of drug-likeness (QED) is 0.809. The number of hydrogen-bond acceptors (Lipinski definition) is 3. The molecule has 0 aliphatic carbocycles. The van der Waals surface area contributed by atoms with Gasteiger partial charge in [0.05, 0.1) is 13.5 Å². The summed E-state index contributed by atoms with van der Waals surface area (Å²) in [6, 6.07) is 12.8. The molecule has 0 saturated carbocycles. The minimum absolute atomic E-state index is 0.191. The van der Waals surface area contributed by atoms with Crippen LogP contribution < -0.4 is 4.90 Å². The number of rotatable bonds is 4. The van der Waals surface area contributed by atoms with Gasteiger partial charge >= 0.3 is 5.97 Å². The van der Waals surface area contributed by atoms with Crippen LogP contribution in [0.15, 0.2) is 36.4 Å². The molecule has 0 unspecified atom stereocenters. The van der Waals surface area contributed by atoms with E-state index in [0.29, 0.717) is 6.42 Å². The predicted octanol–water partition coefficient (Wildman–Crippen LogP) is 3.58. The molecule has 0 spiro atoms. The molecule has 3 heteroatoms. The van der Waals surface area contributed by atoms with Crippen LogP contribution in [0.25, 0.3) is 0 Å². The molecule has 0 saturated heterocycles. The number of benzene rings is 2. The van der Waals surface area contributed by atoms with Crippen molar-refractivity contribution >= 4 is 11.7 Å². The highest BCUT2D eigenvalue weighted by atomic mass is 16.5. The summed E-state index contributed by atoms with van der Waals surface area (Å²) in [5.41, 5.74) is 7.72. The van der Waals surface area contributed by atoms with E-state index in [9.17, 15) is 4.79 Å². The topological polar surface area (TPSA) is 29.5 Å². The van der Waals surface area contributed by atoms with E-state index in [4.69, 9.17) is 4.74 Å². The van der Waals surface area contributed by atoms with Gasteiger partial charge in [-0.15, -0.1) is 0 Å². The number of fused-ring (bicyclic) bond motifs is 1. The molecule has 0 atom stereocenters. The number of carbonyl (C=O) groups is 1. The maximum absolute atomic E-state index is 11.5. The van der Waals surface area contributed by atoms with Crippen molar-refractivity contribution in [3.63, 3.8) is 0 Å². The first-order chi connectivity index (χ1) is 11.1. The number of hydrogen-bond donors (Lipinski definition) is 0. The lowest BCUT2D eigenvalue weighted by molar-refractivity contribution is -0.139. The minimum atomic E-state index is -0.191. The van der Waals surface area contributed by atoms with Gasteiger partial charge in [0.25, 0.3) is 0 Å². The highest BCUT2D eigenvalue weighted by molar-refractivity contribution is 5.73. The van der Waals surface area contributed by atoms with Gasteiger partial charge in [0.1, 0.15) is 0 Å². The average Bonchev–Trinajstić information content (AvgIpc) is 2.93. The van der Waals surface area contributed by atoms with Crippen molar-refractivity contribution in [2.45, 2.75) is 33.2 Å². The standard InChI is InChI=1S/C20H23NO2/c1-14-5-4-6-15(2)18(14)13-21-10-9-17-8-7-16(11-19(17)21)12-20(22)23-3/h4-8,11H,9-10,12-13H2,1-3H3. The number of nitrogens with zero attached hydrogens (tertiary/aromatic N) is 1. The molecule has 1 heterocycles. The Balaban J connectivity index is 1.85. The van der Waals surface area contributed by atoms with Gasteiger partial charge in [-0.25, -0.2) is 0 Å². The Hall–Kier alpha value is -2.29. The maximum atomic E-state index is 11.5. The van der Waals surface area contributed by atoms with Crippen LogP contribution in [-0.2, 0) is 28.9 Å². The van der Waals surface area contributed by atoms with E-state index in [1.807, 2.05) is 6.07 Å². The third kappa shape index (κ3) is 3.24. The molecule has 23 heavy (non-hydrogen) atoms. The number of aryl methyl sites for hydroxylation is 2. The van der Waals surface area contributed by atoms with Gasteiger partial charge in [-0.1, -0.05) is 30.3 Å². The van der Waals surface area contributed by atoms with E-state index in [1.54, 1.807) is 0 Å². The molecule has 0 radical (unpaired) electrons. The Morgan fingerprint density at radius 1 is 1.17 bits per heavy atom. The summed E-state index contributed by atoms with van der Waals surface area (Å²) < 4.78 is 4.77. The molecule has 0 bridgehead atoms. The lowest BCUT2D eigenvalue weighted by Crippen LogP contribution is -2.21. The molecular formula is C20H23NO2. The van der Waals surface area contributed by atoms with Crippen LogP contribution in [-0.4, -0.2) is 19.6 Å². The summed E-state index contributed by atoms with van der Waals surface area (Å²) >= 11 is 0. The second kappa shape index (κ2) is 6.45. The molecular weight excluding hydrogens is 286 g/mol. The van der Waals surface area contributed by atoms with E-state index < -0.39 is 0 Å². The van der Waals surface area contributed by atoms with Gasteiger partial charge in [0.2, 0.25) is 0 Å². The van der Waals surface area contributed by atoms with Crippen molar-refractivity contribution in [2.24, 2.45) is 0 Å². The second-order valence-corrected chi connectivity index (χ2v) is 6.26. The normalized spacial score (nSPS) is 13.1. The van der Waals surface area contributed by atoms with Crippen LogP contribution in [0.1, 0.15) is 27.8 Å². The summed E-state index contributed by atoms with van der Waals surface area (Å²) in [4.78, 5) is 13.9. The molecule has 120 valence electrons. The highest BCUT2D eigenvalue weighted by Gasteiger charge is 2.21. The zero-order chi connectivity index (χ0) is 16.4. The lowest BCUT2D eigenvalue weighted by Gasteiger charge is -2.22. The molecule has 0 fully saturated rings. The molecule has 1 aliphatic heterocycles. The Morgan fingerprint density at radius 2 is 1.91 bits per heavy atom. The fraction of sp³-hybridized carbons (Fsp3) is 0.350. The summed E-state index contributed by atoms with van der Waals surface area (Å²) in [5, 5.41) is 0. The Kier molecular flexibility index (Phi) is 4.37. The van der Waals surface area contributed by atoms with Crippen LogP contribution >= 0.6 is 0 Å². The summed E-state index contributed by atoms with van der Waals surface area (Å²) in [6.07, 6.45) is 1.40. The summed E-state index contributed by atoms with van der Waals surface area (Å²) in [7, 11) is 1.43. The Labute approximate surface area is 137 Å². The minimum Gasteiger partial charge on any atom is -0.469 e. The van der Waals surface area contributed by atoms with Crippen LogP contribution in [0.5, 0.6) is 0 Å². The number of esters is 1. The van der Waals surface area contributed by atoms with Gasteiger partial charge in [-0.05, 0) is 54.2 Å². The molecule has 0 amide bonds. The van der Waals surface area contributed by atoms with E-state index in [2.05, 4.69) is 49.1 Å². The van der Waals surface area contributed by atoms with Gasteiger partial charge in [0, 0.05) is 18.8 Å². The molecule has 3 rings (SSSR count). The second-order valence-electron chi connectivity index (χ2n) is 6.26. The van der Waals surface area contributed by atoms with Crippen molar-refractivity contribution in [3.8, 4) is 0 Å². The fourth-order valence-corrected chi connectivity index (χ4v) is 3.29. The molecule has 0 aromatic heterocycles. The molecule has 3 nitrogen and oxygen atoms in total. The lowest BCUT2D eigenvalue weighted by atomic mass is 10.0. The average molecular weight is 309 g/mol. The van der Waals surface area contributed by atoms with Crippen molar-refractivity contribution in [3.05, 3.63) is 64.2 Å². The Morgan fingerprint density at radius 3 is 2.61 bits per heavy atom. The van der Waals surface area contributed by atoms with Gasteiger partial charge in [-0.2, -0.15) is 0 Å².